The van der Waals surface area contributed by atoms with Gasteiger partial charge in [-0.2, -0.15) is 0 Å². The first-order chi connectivity index (χ1) is 12.0. The summed E-state index contributed by atoms with van der Waals surface area (Å²) in [6.07, 6.45) is 1.18. The highest BCUT2D eigenvalue weighted by Crippen LogP contribution is 2.28. The minimum atomic E-state index is -0.351. The Hall–Kier alpha value is -2.05. The number of nitrogens with one attached hydrogen (secondary N) is 2. The van der Waals surface area contributed by atoms with Crippen molar-refractivity contribution < 1.29 is 14.3 Å². The summed E-state index contributed by atoms with van der Waals surface area (Å²) in [5.74, 6) is -0.0252. The summed E-state index contributed by atoms with van der Waals surface area (Å²) in [5, 5.41) is 5.92. The molecule has 0 aromatic heterocycles. The highest BCUT2D eigenvalue weighted by atomic mass is 79.9. The van der Waals surface area contributed by atoms with Gasteiger partial charge < -0.3 is 15.4 Å². The third-order valence-corrected chi connectivity index (χ3v) is 3.99. The van der Waals surface area contributed by atoms with E-state index in [-0.39, 0.29) is 18.4 Å². The quantitative estimate of drug-likeness (QED) is 0.666. The van der Waals surface area contributed by atoms with Crippen LogP contribution in [0.4, 0.5) is 11.4 Å². The van der Waals surface area contributed by atoms with E-state index in [1.807, 2.05) is 6.92 Å². The van der Waals surface area contributed by atoms with Crippen LogP contribution in [0.3, 0.4) is 0 Å². The van der Waals surface area contributed by atoms with Crippen molar-refractivity contribution in [1.82, 2.24) is 0 Å². The molecule has 0 unspecified atom stereocenters. The van der Waals surface area contributed by atoms with Gasteiger partial charge in [0.25, 0.3) is 5.91 Å². The number of anilines is 2. The van der Waals surface area contributed by atoms with E-state index in [1.165, 1.54) is 0 Å². The van der Waals surface area contributed by atoms with E-state index in [4.69, 9.17) is 16.3 Å². The second-order valence-electron chi connectivity index (χ2n) is 5.26. The molecule has 2 rings (SSSR count). The van der Waals surface area contributed by atoms with Gasteiger partial charge >= 0.3 is 0 Å². The molecule has 0 heterocycles. The molecule has 0 radical (unpaired) electrons. The molecule has 25 heavy (non-hydrogen) atoms. The van der Waals surface area contributed by atoms with E-state index in [9.17, 15) is 9.59 Å². The monoisotopic (exact) mass is 424 g/mol. The van der Waals surface area contributed by atoms with Crippen molar-refractivity contribution in [2.45, 2.75) is 19.8 Å². The zero-order chi connectivity index (χ0) is 18.2. The van der Waals surface area contributed by atoms with Crippen molar-refractivity contribution >= 4 is 50.7 Å². The lowest BCUT2D eigenvalue weighted by Crippen LogP contribution is -2.21. The topological polar surface area (TPSA) is 67.4 Å². The van der Waals surface area contributed by atoms with Gasteiger partial charge in [-0.25, -0.2) is 0 Å². The molecule has 2 N–H and O–H groups in total. The maximum absolute atomic E-state index is 12.1. The summed E-state index contributed by atoms with van der Waals surface area (Å²) in [6, 6.07) is 12.2. The molecule has 7 heteroatoms. The van der Waals surface area contributed by atoms with E-state index in [2.05, 4.69) is 26.6 Å². The molecule has 2 aromatic rings. The van der Waals surface area contributed by atoms with Gasteiger partial charge in [-0.1, -0.05) is 46.6 Å². The van der Waals surface area contributed by atoms with Crippen LogP contribution in [-0.4, -0.2) is 18.4 Å². The molecule has 0 fully saturated rings. The van der Waals surface area contributed by atoms with Gasteiger partial charge in [0, 0.05) is 10.9 Å². The largest absolute Gasteiger partial charge is 0.482 e. The molecule has 0 saturated carbocycles. The molecule has 0 aliphatic carbocycles. The fourth-order valence-electron chi connectivity index (χ4n) is 2.06. The fraction of sp³-hybridized carbons (Fsp3) is 0.222. The predicted molar refractivity (Wildman–Crippen MR) is 103 cm³/mol. The number of amides is 2. The van der Waals surface area contributed by atoms with Crippen molar-refractivity contribution in [1.29, 1.82) is 0 Å². The van der Waals surface area contributed by atoms with Gasteiger partial charge in [0.2, 0.25) is 5.91 Å². The van der Waals surface area contributed by atoms with Crippen LogP contribution in [0.25, 0.3) is 0 Å². The number of carbonyl (C=O) groups excluding carboxylic acids is 2. The van der Waals surface area contributed by atoms with Gasteiger partial charge in [0.05, 0.1) is 16.4 Å². The van der Waals surface area contributed by atoms with Gasteiger partial charge in [-0.05, 0) is 36.8 Å². The number of hydrogen-bond acceptors (Lipinski definition) is 3. The average Bonchev–Trinajstić information content (AvgIpc) is 2.56. The predicted octanol–water partition coefficient (Wildman–Crippen LogP) is 4.86. The summed E-state index contributed by atoms with van der Waals surface area (Å²) < 4.78 is 6.26. The van der Waals surface area contributed by atoms with Crippen LogP contribution in [0.15, 0.2) is 46.9 Å². The first-order valence-electron chi connectivity index (χ1n) is 7.76. The Labute approximate surface area is 159 Å². The number of halogens is 2. The van der Waals surface area contributed by atoms with Gasteiger partial charge in [-0.3, -0.25) is 9.59 Å². The zero-order valence-electron chi connectivity index (χ0n) is 13.6. The molecule has 2 amide bonds. The van der Waals surface area contributed by atoms with Crippen molar-refractivity contribution in [3.05, 3.63) is 52.0 Å². The summed E-state index contributed by atoms with van der Waals surface area (Å²) in [4.78, 5) is 23.9. The molecule has 0 bridgehead atoms. The molecule has 0 spiro atoms. The number of ether oxygens (including phenoxy) is 1. The van der Waals surface area contributed by atoms with Crippen molar-refractivity contribution in [3.63, 3.8) is 0 Å². The number of carbonyl (C=O) groups is 2. The lowest BCUT2D eigenvalue weighted by Gasteiger charge is -2.13. The van der Waals surface area contributed by atoms with E-state index in [0.29, 0.717) is 28.6 Å². The number of rotatable bonds is 7. The Morgan fingerprint density at radius 3 is 2.32 bits per heavy atom. The zero-order valence-corrected chi connectivity index (χ0v) is 16.0. The molecule has 132 valence electrons. The number of para-hydroxylation sites is 2. The van der Waals surface area contributed by atoms with E-state index < -0.39 is 0 Å². The van der Waals surface area contributed by atoms with E-state index in [1.54, 1.807) is 42.5 Å². The first kappa shape index (κ1) is 19.3. The fourth-order valence-corrected chi connectivity index (χ4v) is 2.79. The molecule has 0 aliphatic rings. The maximum atomic E-state index is 12.1. The van der Waals surface area contributed by atoms with Crippen LogP contribution in [0.1, 0.15) is 19.8 Å². The third kappa shape index (κ3) is 6.07. The summed E-state index contributed by atoms with van der Waals surface area (Å²) >= 11 is 9.36. The molecular weight excluding hydrogens is 408 g/mol. The first-order valence-corrected chi connectivity index (χ1v) is 8.93. The van der Waals surface area contributed by atoms with Crippen LogP contribution >= 0.6 is 27.5 Å². The highest BCUT2D eigenvalue weighted by Gasteiger charge is 2.10. The second-order valence-corrected chi connectivity index (χ2v) is 6.58. The maximum Gasteiger partial charge on any atom is 0.262 e. The molecule has 0 atom stereocenters. The summed E-state index contributed by atoms with van der Waals surface area (Å²) in [6.45, 7) is 1.73. The number of hydrogen-bond donors (Lipinski definition) is 2. The summed E-state index contributed by atoms with van der Waals surface area (Å²) in [7, 11) is 0. The van der Waals surface area contributed by atoms with Crippen molar-refractivity contribution in [2.24, 2.45) is 0 Å². The van der Waals surface area contributed by atoms with Gasteiger partial charge in [-0.15, -0.1) is 0 Å². The van der Waals surface area contributed by atoms with Crippen LogP contribution < -0.4 is 15.4 Å². The lowest BCUT2D eigenvalue weighted by molar-refractivity contribution is -0.118. The average molecular weight is 426 g/mol. The standard InChI is InChI=1S/C18H18BrClN2O3/c1-2-5-17(23)21-14-6-3-4-7-15(14)22-18(24)11-25-16-9-8-12(19)10-13(16)20/h3-4,6-10H,2,5,11H2,1H3,(H,21,23)(H,22,24). The Morgan fingerprint density at radius 1 is 1.08 bits per heavy atom. The number of benzene rings is 2. The lowest BCUT2D eigenvalue weighted by atomic mass is 10.2. The van der Waals surface area contributed by atoms with Gasteiger partial charge in [0.1, 0.15) is 5.75 Å². The Balaban J connectivity index is 1.97. The third-order valence-electron chi connectivity index (χ3n) is 3.20. The van der Waals surface area contributed by atoms with Crippen molar-refractivity contribution in [2.75, 3.05) is 17.2 Å². The second kappa shape index (κ2) is 9.44. The van der Waals surface area contributed by atoms with Crippen LogP contribution in [0.2, 0.25) is 5.02 Å². The Morgan fingerprint density at radius 2 is 1.72 bits per heavy atom. The highest BCUT2D eigenvalue weighted by molar-refractivity contribution is 9.10. The Bertz CT molecular complexity index is 768. The van der Waals surface area contributed by atoms with Crippen LogP contribution in [0.5, 0.6) is 5.75 Å². The molecule has 2 aromatic carbocycles. The summed E-state index contributed by atoms with van der Waals surface area (Å²) in [5.41, 5.74) is 1.07. The normalized spacial score (nSPS) is 10.2. The molecule has 0 aliphatic heterocycles. The van der Waals surface area contributed by atoms with Gasteiger partial charge in [0.15, 0.2) is 6.61 Å². The van der Waals surface area contributed by atoms with Crippen LogP contribution in [-0.2, 0) is 9.59 Å². The van der Waals surface area contributed by atoms with E-state index >= 15 is 0 Å². The molecular formula is C18H18BrClN2O3. The Kier molecular flexibility index (Phi) is 7.28. The minimum absolute atomic E-state index is 0.0953. The minimum Gasteiger partial charge on any atom is -0.482 e. The smallest absolute Gasteiger partial charge is 0.262 e. The van der Waals surface area contributed by atoms with E-state index in [0.717, 1.165) is 10.9 Å². The SMILES string of the molecule is CCCC(=O)Nc1ccccc1NC(=O)COc1ccc(Br)cc1Cl. The molecule has 5 nitrogen and oxygen atoms in total. The molecule has 0 saturated heterocycles. The van der Waals surface area contributed by atoms with Crippen molar-refractivity contribution in [3.8, 4) is 5.75 Å². The van der Waals surface area contributed by atoms with Crippen LogP contribution in [0, 0.1) is 0 Å².